The Morgan fingerprint density at radius 1 is 0.767 bits per heavy atom. The Morgan fingerprint density at radius 3 is 2.53 bits per heavy atom. The average molecular weight is 391 g/mol. The van der Waals surface area contributed by atoms with Crippen molar-refractivity contribution in [1.29, 1.82) is 0 Å². The van der Waals surface area contributed by atoms with Crippen molar-refractivity contribution >= 4 is 21.8 Å². The summed E-state index contributed by atoms with van der Waals surface area (Å²) in [6.07, 6.45) is 2.85. The zero-order valence-electron chi connectivity index (χ0n) is 16.7. The summed E-state index contributed by atoms with van der Waals surface area (Å²) in [5, 5.41) is 2.04. The Labute approximate surface area is 175 Å². The Bertz CT molecular complexity index is 1350. The molecule has 2 heterocycles. The minimum Gasteiger partial charge on any atom is -0.487 e. The van der Waals surface area contributed by atoms with Crippen molar-refractivity contribution < 1.29 is 4.74 Å². The van der Waals surface area contributed by atoms with Gasteiger partial charge in [-0.15, -0.1) is 0 Å². The van der Waals surface area contributed by atoms with E-state index < -0.39 is 0 Å². The normalized spacial score (nSPS) is 11.1. The summed E-state index contributed by atoms with van der Waals surface area (Å²) in [5.74, 6) is 1.37. The molecule has 5 rings (SSSR count). The molecule has 4 nitrogen and oxygen atoms in total. The molecule has 0 saturated heterocycles. The number of fused-ring (bicyclic) bond motifs is 2. The maximum atomic E-state index is 6.16. The van der Waals surface area contributed by atoms with Crippen LogP contribution in [0.1, 0.15) is 18.1 Å². The van der Waals surface area contributed by atoms with Gasteiger partial charge < -0.3 is 4.74 Å². The maximum absolute atomic E-state index is 6.16. The van der Waals surface area contributed by atoms with Crippen LogP contribution in [0.25, 0.3) is 33.3 Å². The molecule has 0 radical (unpaired) electrons. The van der Waals surface area contributed by atoms with Gasteiger partial charge in [0.25, 0.3) is 0 Å². The lowest BCUT2D eigenvalue weighted by Gasteiger charge is -2.11. The first kappa shape index (κ1) is 18.3. The fourth-order valence-electron chi connectivity index (χ4n) is 3.56. The van der Waals surface area contributed by atoms with Gasteiger partial charge in [0.15, 0.2) is 5.82 Å². The first-order valence-corrected chi connectivity index (χ1v) is 10.1. The second-order valence-corrected chi connectivity index (χ2v) is 7.24. The highest BCUT2D eigenvalue weighted by atomic mass is 16.5. The molecule has 0 amide bonds. The van der Waals surface area contributed by atoms with E-state index in [1.54, 1.807) is 0 Å². The van der Waals surface area contributed by atoms with E-state index in [9.17, 15) is 0 Å². The van der Waals surface area contributed by atoms with Crippen LogP contribution in [0.3, 0.4) is 0 Å². The topological polar surface area (TPSA) is 47.9 Å². The monoisotopic (exact) mass is 391 g/mol. The lowest BCUT2D eigenvalue weighted by Crippen LogP contribution is -1.99. The smallest absolute Gasteiger partial charge is 0.178 e. The minimum absolute atomic E-state index is 0.505. The van der Waals surface area contributed by atoms with E-state index in [0.717, 1.165) is 45.2 Å². The van der Waals surface area contributed by atoms with Crippen LogP contribution >= 0.6 is 0 Å². The number of pyridine rings is 1. The summed E-state index contributed by atoms with van der Waals surface area (Å²) in [6.45, 7) is 2.66. The van der Waals surface area contributed by atoms with Gasteiger partial charge in [0.2, 0.25) is 0 Å². The number of para-hydroxylation sites is 2. The number of benzene rings is 3. The molecule has 0 spiro atoms. The van der Waals surface area contributed by atoms with Gasteiger partial charge in [-0.25, -0.2) is 15.0 Å². The highest BCUT2D eigenvalue weighted by molar-refractivity contribution is 5.86. The highest BCUT2D eigenvalue weighted by Gasteiger charge is 2.10. The molecule has 30 heavy (non-hydrogen) atoms. The fourth-order valence-corrected chi connectivity index (χ4v) is 3.56. The number of aryl methyl sites for hydroxylation is 1. The van der Waals surface area contributed by atoms with Crippen LogP contribution < -0.4 is 4.74 Å². The third kappa shape index (κ3) is 3.60. The predicted octanol–water partition coefficient (Wildman–Crippen LogP) is 5.99. The summed E-state index contributed by atoms with van der Waals surface area (Å²) in [5.41, 5.74) is 4.92. The van der Waals surface area contributed by atoms with Crippen LogP contribution in [0.15, 0.2) is 85.1 Å². The van der Waals surface area contributed by atoms with Gasteiger partial charge in [0.05, 0.1) is 5.52 Å². The van der Waals surface area contributed by atoms with E-state index in [-0.39, 0.29) is 0 Å². The predicted molar refractivity (Wildman–Crippen MR) is 120 cm³/mol. The molecule has 2 aromatic heterocycles. The lowest BCUT2D eigenvalue weighted by molar-refractivity contribution is 0.309. The fraction of sp³-hybridized carbons (Fsp3) is 0.115. The number of rotatable bonds is 5. The van der Waals surface area contributed by atoms with E-state index in [0.29, 0.717) is 12.4 Å². The van der Waals surface area contributed by atoms with Crippen LogP contribution in [0.4, 0.5) is 0 Å². The Balaban J connectivity index is 1.50. The van der Waals surface area contributed by atoms with Gasteiger partial charge in [-0.05, 0) is 35.7 Å². The van der Waals surface area contributed by atoms with Crippen LogP contribution in [-0.2, 0) is 13.0 Å². The zero-order valence-corrected chi connectivity index (χ0v) is 16.7. The summed E-state index contributed by atoms with van der Waals surface area (Å²) in [7, 11) is 0. The maximum Gasteiger partial charge on any atom is 0.178 e. The van der Waals surface area contributed by atoms with Gasteiger partial charge >= 0.3 is 0 Å². The second kappa shape index (κ2) is 7.91. The molecule has 4 heteroatoms. The third-order valence-electron chi connectivity index (χ3n) is 5.20. The Hall–Kier alpha value is -3.79. The molecule has 0 aliphatic carbocycles. The second-order valence-electron chi connectivity index (χ2n) is 7.24. The van der Waals surface area contributed by atoms with E-state index in [4.69, 9.17) is 9.72 Å². The molecule has 0 N–H and O–H groups in total. The van der Waals surface area contributed by atoms with Crippen LogP contribution in [-0.4, -0.2) is 15.0 Å². The zero-order chi connectivity index (χ0) is 20.3. The van der Waals surface area contributed by atoms with Crippen molar-refractivity contribution in [2.24, 2.45) is 0 Å². The van der Waals surface area contributed by atoms with Crippen molar-refractivity contribution in [1.82, 2.24) is 15.0 Å². The number of ether oxygens (including phenoxy) is 1. The first-order chi connectivity index (χ1) is 14.8. The Kier molecular flexibility index (Phi) is 4.81. The molecule has 0 unspecified atom stereocenters. The molecule has 0 fully saturated rings. The quantitative estimate of drug-likeness (QED) is 0.369. The molecule has 0 aliphatic rings. The van der Waals surface area contributed by atoms with Crippen molar-refractivity contribution in [2.75, 3.05) is 0 Å². The summed E-state index contributed by atoms with van der Waals surface area (Å²) >= 11 is 0. The molecule has 0 atom stereocenters. The molecule has 0 bridgehead atoms. The number of hydrogen-bond acceptors (Lipinski definition) is 4. The summed E-state index contributed by atoms with van der Waals surface area (Å²) in [4.78, 5) is 14.0. The Morgan fingerprint density at radius 2 is 1.60 bits per heavy atom. The van der Waals surface area contributed by atoms with Crippen molar-refractivity contribution in [2.45, 2.75) is 20.0 Å². The third-order valence-corrected chi connectivity index (χ3v) is 5.20. The van der Waals surface area contributed by atoms with Gasteiger partial charge in [0, 0.05) is 17.0 Å². The average Bonchev–Trinajstić information content (AvgIpc) is 2.82. The van der Waals surface area contributed by atoms with Gasteiger partial charge in [-0.3, -0.25) is 0 Å². The van der Waals surface area contributed by atoms with E-state index in [2.05, 4.69) is 41.2 Å². The van der Waals surface area contributed by atoms with E-state index in [1.165, 1.54) is 5.56 Å². The molecule has 0 saturated carbocycles. The molecule has 146 valence electrons. The van der Waals surface area contributed by atoms with E-state index in [1.807, 2.05) is 60.8 Å². The van der Waals surface area contributed by atoms with Gasteiger partial charge in [-0.2, -0.15) is 0 Å². The van der Waals surface area contributed by atoms with Crippen molar-refractivity contribution in [3.8, 4) is 17.3 Å². The summed E-state index contributed by atoms with van der Waals surface area (Å²) < 4.78 is 6.16. The number of hydrogen-bond donors (Lipinski definition) is 0. The summed E-state index contributed by atoms with van der Waals surface area (Å²) in [6, 6.07) is 26.4. The SMILES string of the molecule is CCc1cccc(COc2cccc3ccc(-c4ncc5ccccc5n4)nc23)c1. The van der Waals surface area contributed by atoms with Crippen LogP contribution in [0, 0.1) is 0 Å². The van der Waals surface area contributed by atoms with E-state index >= 15 is 0 Å². The largest absolute Gasteiger partial charge is 0.487 e. The molecule has 0 aliphatic heterocycles. The van der Waals surface area contributed by atoms with Crippen molar-refractivity contribution in [3.63, 3.8) is 0 Å². The van der Waals surface area contributed by atoms with Crippen LogP contribution in [0.2, 0.25) is 0 Å². The lowest BCUT2D eigenvalue weighted by atomic mass is 10.1. The number of nitrogens with zero attached hydrogens (tertiary/aromatic N) is 3. The standard InChI is InChI=1S/C26H21N3O/c1-2-18-7-5-8-19(15-18)17-30-24-12-6-10-20-13-14-23(28-25(20)24)26-27-16-21-9-3-4-11-22(21)29-26/h3-16H,2,17H2,1H3. The highest BCUT2D eigenvalue weighted by Crippen LogP contribution is 2.27. The van der Waals surface area contributed by atoms with Crippen molar-refractivity contribution in [3.05, 3.63) is 96.2 Å². The molecular weight excluding hydrogens is 370 g/mol. The minimum atomic E-state index is 0.505. The van der Waals surface area contributed by atoms with Gasteiger partial charge in [-0.1, -0.05) is 67.6 Å². The molecule has 5 aromatic rings. The molecule has 3 aromatic carbocycles. The number of aromatic nitrogens is 3. The first-order valence-electron chi connectivity index (χ1n) is 10.1. The molecular formula is C26H21N3O. The van der Waals surface area contributed by atoms with Crippen LogP contribution in [0.5, 0.6) is 5.75 Å². The van der Waals surface area contributed by atoms with Gasteiger partial charge in [0.1, 0.15) is 23.6 Å².